The number of nitrogens with zero attached hydrogens (tertiary/aromatic N) is 2. The highest BCUT2D eigenvalue weighted by Crippen LogP contribution is 2.43. The molecule has 0 saturated carbocycles. The van der Waals surface area contributed by atoms with Crippen LogP contribution in [0, 0.1) is 0 Å². The largest absolute Gasteiger partial charge is 0.328 e. The zero-order valence-electron chi connectivity index (χ0n) is 14.1. The first-order valence-electron chi connectivity index (χ1n) is 8.16. The van der Waals surface area contributed by atoms with Crippen LogP contribution < -0.4 is 5.73 Å². The van der Waals surface area contributed by atoms with Gasteiger partial charge in [-0.05, 0) is 70.5 Å². The molecule has 21 heavy (non-hydrogen) atoms. The molecule has 1 aromatic carbocycles. The van der Waals surface area contributed by atoms with Crippen LogP contribution in [0.15, 0.2) is 24.3 Å². The fourth-order valence-electron chi connectivity index (χ4n) is 3.70. The minimum atomic E-state index is 0.0232. The Morgan fingerprint density at radius 2 is 1.90 bits per heavy atom. The van der Waals surface area contributed by atoms with Crippen molar-refractivity contribution in [2.24, 2.45) is 5.73 Å². The minimum absolute atomic E-state index is 0.0232. The van der Waals surface area contributed by atoms with E-state index in [-0.39, 0.29) is 5.54 Å². The predicted molar refractivity (Wildman–Crippen MR) is 90.6 cm³/mol. The van der Waals surface area contributed by atoms with Gasteiger partial charge in [0.15, 0.2) is 0 Å². The maximum atomic E-state index is 6.28. The zero-order chi connectivity index (χ0) is 15.5. The molecule has 0 spiro atoms. The molecule has 2 rings (SSSR count). The van der Waals surface area contributed by atoms with Crippen molar-refractivity contribution >= 4 is 0 Å². The first kappa shape index (κ1) is 16.5. The Morgan fingerprint density at radius 1 is 1.19 bits per heavy atom. The smallest absolute Gasteiger partial charge is 0.0584 e. The van der Waals surface area contributed by atoms with E-state index in [9.17, 15) is 0 Å². The lowest BCUT2D eigenvalue weighted by molar-refractivity contribution is 0.0957. The van der Waals surface area contributed by atoms with Gasteiger partial charge < -0.3 is 10.6 Å². The summed E-state index contributed by atoms with van der Waals surface area (Å²) < 4.78 is 0. The van der Waals surface area contributed by atoms with Crippen LogP contribution in [0.1, 0.15) is 43.2 Å². The molecule has 1 aliphatic rings. The first-order chi connectivity index (χ1) is 10.0. The van der Waals surface area contributed by atoms with Gasteiger partial charge >= 0.3 is 0 Å². The number of hydrogen-bond acceptors (Lipinski definition) is 3. The molecule has 3 nitrogen and oxygen atoms in total. The molecule has 1 aromatic rings. The van der Waals surface area contributed by atoms with Gasteiger partial charge in [0.05, 0.1) is 5.54 Å². The molecule has 0 bridgehead atoms. The lowest BCUT2D eigenvalue weighted by Crippen LogP contribution is -2.52. The summed E-state index contributed by atoms with van der Waals surface area (Å²) in [6, 6.07) is 8.90. The summed E-state index contributed by atoms with van der Waals surface area (Å²) in [7, 11) is 6.52. The third-order valence-corrected chi connectivity index (χ3v) is 5.15. The van der Waals surface area contributed by atoms with E-state index >= 15 is 0 Å². The number of nitrogens with two attached hydrogens (primary N) is 1. The average molecular weight is 289 g/mol. The van der Waals surface area contributed by atoms with Gasteiger partial charge in [0, 0.05) is 6.54 Å². The van der Waals surface area contributed by atoms with E-state index < -0.39 is 0 Å². The number of fused-ring (bicyclic) bond motifs is 1. The lowest BCUT2D eigenvalue weighted by Gasteiger charge is -2.47. The molecule has 2 N–H and O–H groups in total. The summed E-state index contributed by atoms with van der Waals surface area (Å²) in [5.74, 6) is 0.649. The van der Waals surface area contributed by atoms with Crippen LogP contribution in [0.2, 0.25) is 0 Å². The van der Waals surface area contributed by atoms with Gasteiger partial charge in [0.2, 0.25) is 0 Å². The van der Waals surface area contributed by atoms with Crippen molar-refractivity contribution in [2.75, 3.05) is 40.8 Å². The van der Waals surface area contributed by atoms with E-state index in [1.807, 2.05) is 0 Å². The molecular weight excluding hydrogens is 258 g/mol. The van der Waals surface area contributed by atoms with Gasteiger partial charge in [0.1, 0.15) is 0 Å². The summed E-state index contributed by atoms with van der Waals surface area (Å²) in [5.41, 5.74) is 9.25. The summed E-state index contributed by atoms with van der Waals surface area (Å²) >= 11 is 0. The van der Waals surface area contributed by atoms with Crippen LogP contribution in [0.4, 0.5) is 0 Å². The Kier molecular flexibility index (Phi) is 5.42. The predicted octanol–water partition coefficient (Wildman–Crippen LogP) is 2.62. The van der Waals surface area contributed by atoms with Gasteiger partial charge in [0.25, 0.3) is 0 Å². The highest BCUT2D eigenvalue weighted by molar-refractivity contribution is 5.39. The van der Waals surface area contributed by atoms with Gasteiger partial charge in [-0.15, -0.1) is 0 Å². The van der Waals surface area contributed by atoms with Gasteiger partial charge in [-0.1, -0.05) is 31.2 Å². The van der Waals surface area contributed by atoms with Crippen LogP contribution in [0.25, 0.3) is 0 Å². The number of rotatable bonds is 6. The van der Waals surface area contributed by atoms with E-state index in [0.717, 1.165) is 13.1 Å². The van der Waals surface area contributed by atoms with Crippen LogP contribution >= 0.6 is 0 Å². The van der Waals surface area contributed by atoms with Crippen LogP contribution in [0.5, 0.6) is 0 Å². The summed E-state index contributed by atoms with van der Waals surface area (Å²) in [6.45, 7) is 5.27. The first-order valence-corrected chi connectivity index (χ1v) is 8.16. The second-order valence-corrected chi connectivity index (χ2v) is 6.84. The molecule has 2 atom stereocenters. The van der Waals surface area contributed by atoms with Crippen molar-refractivity contribution in [3.8, 4) is 0 Å². The molecule has 0 aliphatic heterocycles. The summed E-state index contributed by atoms with van der Waals surface area (Å²) in [5, 5.41) is 0. The van der Waals surface area contributed by atoms with Crippen LogP contribution in [0.3, 0.4) is 0 Å². The van der Waals surface area contributed by atoms with Crippen LogP contribution in [-0.2, 0) is 5.54 Å². The molecular formula is C18H31N3. The van der Waals surface area contributed by atoms with Crippen molar-refractivity contribution < 1.29 is 0 Å². The van der Waals surface area contributed by atoms with E-state index in [0.29, 0.717) is 12.5 Å². The molecule has 0 amide bonds. The molecule has 0 fully saturated rings. The van der Waals surface area contributed by atoms with Crippen molar-refractivity contribution in [1.82, 2.24) is 9.80 Å². The molecule has 1 aliphatic carbocycles. The molecule has 0 radical (unpaired) electrons. The SMILES string of the molecule is CC1CCC(CN)(N(C)CCCN(C)C)c2ccccc21. The van der Waals surface area contributed by atoms with Crippen molar-refractivity contribution in [3.63, 3.8) is 0 Å². The number of hydrogen-bond donors (Lipinski definition) is 1. The van der Waals surface area contributed by atoms with E-state index in [2.05, 4.69) is 62.1 Å². The van der Waals surface area contributed by atoms with Gasteiger partial charge in [-0.3, -0.25) is 4.90 Å². The molecule has 0 aromatic heterocycles. The maximum absolute atomic E-state index is 6.28. The van der Waals surface area contributed by atoms with Gasteiger partial charge in [-0.2, -0.15) is 0 Å². The molecule has 2 unspecified atom stereocenters. The van der Waals surface area contributed by atoms with Crippen LogP contribution in [-0.4, -0.2) is 50.6 Å². The Morgan fingerprint density at radius 3 is 2.57 bits per heavy atom. The van der Waals surface area contributed by atoms with E-state index in [1.54, 1.807) is 0 Å². The zero-order valence-corrected chi connectivity index (χ0v) is 14.1. The Bertz CT molecular complexity index is 458. The highest BCUT2D eigenvalue weighted by atomic mass is 15.2. The average Bonchev–Trinajstić information content (AvgIpc) is 2.48. The maximum Gasteiger partial charge on any atom is 0.0584 e. The fourth-order valence-corrected chi connectivity index (χ4v) is 3.70. The summed E-state index contributed by atoms with van der Waals surface area (Å²) in [6.07, 6.45) is 3.58. The van der Waals surface area contributed by atoms with Gasteiger partial charge in [-0.25, -0.2) is 0 Å². The molecule has 0 heterocycles. The van der Waals surface area contributed by atoms with Crippen molar-refractivity contribution in [3.05, 3.63) is 35.4 Å². The van der Waals surface area contributed by atoms with E-state index in [4.69, 9.17) is 5.73 Å². The van der Waals surface area contributed by atoms with Crippen molar-refractivity contribution in [1.29, 1.82) is 0 Å². The highest BCUT2D eigenvalue weighted by Gasteiger charge is 2.40. The minimum Gasteiger partial charge on any atom is -0.328 e. The third-order valence-electron chi connectivity index (χ3n) is 5.15. The Hall–Kier alpha value is -0.900. The third kappa shape index (κ3) is 3.31. The van der Waals surface area contributed by atoms with E-state index in [1.165, 1.54) is 30.4 Å². The van der Waals surface area contributed by atoms with Crippen molar-refractivity contribution in [2.45, 2.75) is 37.6 Å². The fraction of sp³-hybridized carbons (Fsp3) is 0.667. The second kappa shape index (κ2) is 6.91. The lowest BCUT2D eigenvalue weighted by atomic mass is 9.71. The molecule has 3 heteroatoms. The number of benzene rings is 1. The quantitative estimate of drug-likeness (QED) is 0.874. The standard InChI is InChI=1S/C18H31N3/c1-15-10-11-18(14-19,17-9-6-5-8-16(15)17)21(4)13-7-12-20(2)3/h5-6,8-9,15H,7,10-14,19H2,1-4H3. The topological polar surface area (TPSA) is 32.5 Å². The monoisotopic (exact) mass is 289 g/mol. The summed E-state index contributed by atoms with van der Waals surface area (Å²) in [4.78, 5) is 4.75. The second-order valence-electron chi connectivity index (χ2n) is 6.84. The Balaban J connectivity index is 2.23. The molecule has 118 valence electrons. The Labute approximate surface area is 130 Å². The molecule has 0 saturated heterocycles. The number of likely N-dealkylation sites (N-methyl/N-ethyl adjacent to an activating group) is 1. The normalized spacial score (nSPS) is 25.4.